The molecule has 0 spiro atoms. The Labute approximate surface area is 109 Å². The largest absolute Gasteiger partial charge is 0.329 e. The average Bonchev–Trinajstić information content (AvgIpc) is 2.38. The van der Waals surface area contributed by atoms with Crippen LogP contribution >= 0.6 is 15.9 Å². The van der Waals surface area contributed by atoms with Crippen LogP contribution in [0.3, 0.4) is 0 Å². The molecule has 1 atom stereocenters. The predicted octanol–water partition coefficient (Wildman–Crippen LogP) is 2.47. The van der Waals surface area contributed by atoms with Crippen LogP contribution in [-0.2, 0) is 0 Å². The molecule has 2 aromatic rings. The van der Waals surface area contributed by atoms with Crippen molar-refractivity contribution in [3.8, 4) is 11.1 Å². The van der Waals surface area contributed by atoms with E-state index in [1.165, 1.54) is 0 Å². The summed E-state index contributed by atoms with van der Waals surface area (Å²) in [4.78, 5) is 4.12. The van der Waals surface area contributed by atoms with E-state index in [9.17, 15) is 0 Å². The summed E-state index contributed by atoms with van der Waals surface area (Å²) in [6.07, 6.45) is 3.55. The topological polar surface area (TPSA) is 64.9 Å². The summed E-state index contributed by atoms with van der Waals surface area (Å²) in [6, 6.07) is 9.88. The molecule has 4 N–H and O–H groups in total. The maximum atomic E-state index is 5.99. The Morgan fingerprint density at radius 3 is 2.82 bits per heavy atom. The Morgan fingerprint density at radius 2 is 2.12 bits per heavy atom. The number of aromatic nitrogens is 1. The van der Waals surface area contributed by atoms with Crippen LogP contribution in [0.4, 0.5) is 0 Å². The molecule has 2 rings (SSSR count). The van der Waals surface area contributed by atoms with Crippen molar-refractivity contribution in [1.29, 1.82) is 0 Å². The van der Waals surface area contributed by atoms with Gasteiger partial charge in [-0.2, -0.15) is 0 Å². The number of nitrogens with zero attached hydrogens (tertiary/aromatic N) is 1. The van der Waals surface area contributed by atoms with Crippen LogP contribution in [0.2, 0.25) is 0 Å². The number of nitrogens with two attached hydrogens (primary N) is 2. The van der Waals surface area contributed by atoms with E-state index < -0.39 is 0 Å². The highest BCUT2D eigenvalue weighted by Gasteiger charge is 2.11. The molecule has 3 nitrogen and oxygen atoms in total. The van der Waals surface area contributed by atoms with E-state index in [2.05, 4.69) is 27.0 Å². The third kappa shape index (κ3) is 2.72. The van der Waals surface area contributed by atoms with Gasteiger partial charge in [0.1, 0.15) is 0 Å². The molecule has 0 aliphatic rings. The normalized spacial score (nSPS) is 12.4. The molecule has 1 heterocycles. The second-order valence-corrected chi connectivity index (χ2v) is 4.73. The van der Waals surface area contributed by atoms with Gasteiger partial charge in [0.15, 0.2) is 0 Å². The molecule has 0 saturated carbocycles. The van der Waals surface area contributed by atoms with Crippen molar-refractivity contribution in [3.63, 3.8) is 0 Å². The fraction of sp³-hybridized carbons (Fsp3) is 0.154. The van der Waals surface area contributed by atoms with Crippen LogP contribution in [0.25, 0.3) is 11.1 Å². The average molecular weight is 292 g/mol. The van der Waals surface area contributed by atoms with E-state index in [0.717, 1.165) is 21.2 Å². The minimum atomic E-state index is -0.183. The lowest BCUT2D eigenvalue weighted by atomic mass is 9.97. The van der Waals surface area contributed by atoms with Gasteiger partial charge in [0.05, 0.1) is 0 Å². The van der Waals surface area contributed by atoms with Crippen LogP contribution in [0.1, 0.15) is 11.6 Å². The van der Waals surface area contributed by atoms with Gasteiger partial charge in [-0.15, -0.1) is 0 Å². The molecule has 0 fully saturated rings. The Hall–Kier alpha value is -1.23. The predicted molar refractivity (Wildman–Crippen MR) is 73.4 cm³/mol. The molecule has 1 unspecified atom stereocenters. The number of pyridine rings is 1. The van der Waals surface area contributed by atoms with Gasteiger partial charge in [0.25, 0.3) is 0 Å². The lowest BCUT2D eigenvalue weighted by Gasteiger charge is -2.14. The van der Waals surface area contributed by atoms with Gasteiger partial charge in [-0.25, -0.2) is 0 Å². The SMILES string of the molecule is NCC(N)c1cnccc1-c1cccc(Br)c1. The van der Waals surface area contributed by atoms with E-state index in [-0.39, 0.29) is 6.04 Å². The Balaban J connectivity index is 2.52. The van der Waals surface area contributed by atoms with Crippen molar-refractivity contribution < 1.29 is 0 Å². The summed E-state index contributed by atoms with van der Waals surface area (Å²) in [6.45, 7) is 0.409. The molecule has 0 amide bonds. The summed E-state index contributed by atoms with van der Waals surface area (Å²) in [5.74, 6) is 0. The van der Waals surface area contributed by atoms with Gasteiger partial charge >= 0.3 is 0 Å². The Bertz CT molecular complexity index is 514. The molecule has 17 heavy (non-hydrogen) atoms. The van der Waals surface area contributed by atoms with E-state index in [0.29, 0.717) is 6.54 Å². The molecule has 0 radical (unpaired) electrons. The van der Waals surface area contributed by atoms with Gasteiger partial charge in [-0.05, 0) is 34.9 Å². The first-order chi connectivity index (χ1) is 8.22. The van der Waals surface area contributed by atoms with Crippen LogP contribution in [-0.4, -0.2) is 11.5 Å². The van der Waals surface area contributed by atoms with Gasteiger partial charge in [0.2, 0.25) is 0 Å². The first-order valence-electron chi connectivity index (χ1n) is 5.38. The van der Waals surface area contributed by atoms with Crippen molar-refractivity contribution in [2.24, 2.45) is 11.5 Å². The van der Waals surface area contributed by atoms with Crippen molar-refractivity contribution in [3.05, 3.63) is 52.8 Å². The number of benzene rings is 1. The first-order valence-corrected chi connectivity index (χ1v) is 6.17. The van der Waals surface area contributed by atoms with Crippen LogP contribution in [0.15, 0.2) is 47.2 Å². The summed E-state index contributed by atoms with van der Waals surface area (Å²) in [5.41, 5.74) is 14.8. The highest BCUT2D eigenvalue weighted by Crippen LogP contribution is 2.28. The second kappa shape index (κ2) is 5.40. The minimum Gasteiger partial charge on any atom is -0.329 e. The van der Waals surface area contributed by atoms with Crippen molar-refractivity contribution in [2.75, 3.05) is 6.54 Å². The molecule has 0 aliphatic heterocycles. The van der Waals surface area contributed by atoms with Crippen LogP contribution in [0.5, 0.6) is 0 Å². The summed E-state index contributed by atoms with van der Waals surface area (Å²) in [5, 5.41) is 0. The molecule has 0 bridgehead atoms. The molecule has 0 saturated heterocycles. The number of hydrogen-bond acceptors (Lipinski definition) is 3. The smallest absolute Gasteiger partial charge is 0.0441 e. The van der Waals surface area contributed by atoms with Crippen molar-refractivity contribution >= 4 is 15.9 Å². The molecule has 88 valence electrons. The Kier molecular flexibility index (Phi) is 3.89. The molecule has 1 aromatic carbocycles. The molecule has 0 aliphatic carbocycles. The zero-order chi connectivity index (χ0) is 12.3. The molecular formula is C13H14BrN3. The quantitative estimate of drug-likeness (QED) is 0.913. The van der Waals surface area contributed by atoms with Gasteiger partial charge in [0, 0.05) is 29.5 Å². The highest BCUT2D eigenvalue weighted by molar-refractivity contribution is 9.10. The van der Waals surface area contributed by atoms with E-state index in [1.54, 1.807) is 12.4 Å². The highest BCUT2D eigenvalue weighted by atomic mass is 79.9. The van der Waals surface area contributed by atoms with E-state index in [1.807, 2.05) is 24.3 Å². The monoisotopic (exact) mass is 291 g/mol. The fourth-order valence-electron chi connectivity index (χ4n) is 1.75. The zero-order valence-electron chi connectivity index (χ0n) is 9.31. The van der Waals surface area contributed by atoms with E-state index >= 15 is 0 Å². The number of halogens is 1. The minimum absolute atomic E-state index is 0.183. The first kappa shape index (κ1) is 12.2. The third-order valence-corrected chi connectivity index (χ3v) is 3.13. The summed E-state index contributed by atoms with van der Waals surface area (Å²) < 4.78 is 1.04. The van der Waals surface area contributed by atoms with Crippen LogP contribution in [0, 0.1) is 0 Å². The fourth-order valence-corrected chi connectivity index (χ4v) is 2.15. The lowest BCUT2D eigenvalue weighted by Crippen LogP contribution is -2.21. The summed E-state index contributed by atoms with van der Waals surface area (Å²) in [7, 11) is 0. The van der Waals surface area contributed by atoms with Gasteiger partial charge in [-0.1, -0.05) is 28.1 Å². The maximum absolute atomic E-state index is 5.99. The summed E-state index contributed by atoms with van der Waals surface area (Å²) >= 11 is 3.47. The molecular weight excluding hydrogens is 278 g/mol. The van der Waals surface area contributed by atoms with Gasteiger partial charge in [-0.3, -0.25) is 4.98 Å². The van der Waals surface area contributed by atoms with Crippen LogP contribution < -0.4 is 11.5 Å². The van der Waals surface area contributed by atoms with Crippen molar-refractivity contribution in [1.82, 2.24) is 4.98 Å². The third-order valence-electron chi connectivity index (χ3n) is 2.64. The molecule has 1 aromatic heterocycles. The van der Waals surface area contributed by atoms with E-state index in [4.69, 9.17) is 11.5 Å². The number of rotatable bonds is 3. The van der Waals surface area contributed by atoms with Gasteiger partial charge < -0.3 is 11.5 Å². The van der Waals surface area contributed by atoms with Crippen molar-refractivity contribution in [2.45, 2.75) is 6.04 Å². The zero-order valence-corrected chi connectivity index (χ0v) is 10.9. The Morgan fingerprint density at radius 1 is 1.29 bits per heavy atom. The number of hydrogen-bond donors (Lipinski definition) is 2. The maximum Gasteiger partial charge on any atom is 0.0441 e. The second-order valence-electron chi connectivity index (χ2n) is 3.82. The molecule has 4 heteroatoms. The standard InChI is InChI=1S/C13H14BrN3/c14-10-3-1-2-9(6-10)11-4-5-17-8-12(11)13(16)7-15/h1-6,8,13H,7,15-16H2. The lowest BCUT2D eigenvalue weighted by molar-refractivity contribution is 0.735.